The van der Waals surface area contributed by atoms with Crippen LogP contribution < -0.4 is 4.90 Å². The maximum absolute atomic E-state index is 13.4. The Morgan fingerprint density at radius 2 is 1.72 bits per heavy atom. The number of ether oxygens (including phenoxy) is 1. The predicted molar refractivity (Wildman–Crippen MR) is 126 cm³/mol. The monoisotopic (exact) mass is 435 g/mol. The van der Waals surface area contributed by atoms with Gasteiger partial charge in [-0.05, 0) is 67.9 Å². The number of phenolic OH excluding ortho intramolecular Hbond substituents is 1. The van der Waals surface area contributed by atoms with Crippen LogP contribution in [-0.4, -0.2) is 28.3 Å². The molecule has 5 nitrogen and oxygen atoms in total. The Balaban J connectivity index is 1.64. The van der Waals surface area contributed by atoms with Crippen LogP contribution in [0.2, 0.25) is 0 Å². The van der Waals surface area contributed by atoms with E-state index < -0.39 is 11.6 Å². The second-order valence-corrected chi connectivity index (χ2v) is 9.06. The molecule has 0 saturated heterocycles. The predicted octanol–water partition coefficient (Wildman–Crippen LogP) is 5.89. The normalized spacial score (nSPS) is 21.6. The van der Waals surface area contributed by atoms with Crippen molar-refractivity contribution in [1.82, 2.24) is 0 Å². The second kappa shape index (κ2) is 9.68. The molecule has 0 aromatic heterocycles. The summed E-state index contributed by atoms with van der Waals surface area (Å²) in [4.78, 5) is 15.3. The topological polar surface area (TPSA) is 70.0 Å². The fourth-order valence-corrected chi connectivity index (χ4v) is 5.26. The summed E-state index contributed by atoms with van der Waals surface area (Å²) in [6.07, 6.45) is 6.87. The Kier molecular flexibility index (Phi) is 6.73. The van der Waals surface area contributed by atoms with Crippen molar-refractivity contribution in [2.24, 2.45) is 5.92 Å². The molecule has 2 aromatic rings. The van der Waals surface area contributed by atoms with Crippen molar-refractivity contribution in [3.05, 3.63) is 71.6 Å². The fourth-order valence-electron chi connectivity index (χ4n) is 5.26. The van der Waals surface area contributed by atoms with E-state index in [0.29, 0.717) is 19.4 Å². The molecule has 1 atom stereocenters. The Labute approximate surface area is 190 Å². The minimum Gasteiger partial charge on any atom is -0.510 e. The lowest BCUT2D eigenvalue weighted by atomic mass is 9.77. The van der Waals surface area contributed by atoms with Crippen molar-refractivity contribution >= 4 is 11.7 Å². The minimum atomic E-state index is -0.687. The van der Waals surface area contributed by atoms with Gasteiger partial charge in [0.15, 0.2) is 5.70 Å². The Hall–Kier alpha value is -2.95. The molecule has 1 aliphatic heterocycles. The van der Waals surface area contributed by atoms with Crippen LogP contribution in [0.3, 0.4) is 0 Å². The molecule has 2 aliphatic rings. The highest BCUT2D eigenvalue weighted by atomic mass is 16.6. The maximum atomic E-state index is 13.4. The number of rotatable bonds is 8. The van der Waals surface area contributed by atoms with Gasteiger partial charge in [-0.3, -0.25) is 0 Å². The number of anilines is 1. The Morgan fingerprint density at radius 1 is 1.03 bits per heavy atom. The van der Waals surface area contributed by atoms with E-state index in [2.05, 4.69) is 6.92 Å². The number of aliphatic hydroxyl groups excluding tert-OH is 1. The smallest absolute Gasteiger partial charge is 0.359 e. The van der Waals surface area contributed by atoms with Gasteiger partial charge in [0.1, 0.15) is 17.1 Å². The lowest BCUT2D eigenvalue weighted by Crippen LogP contribution is -2.48. The molecule has 0 radical (unpaired) electrons. The van der Waals surface area contributed by atoms with Crippen LogP contribution in [0.5, 0.6) is 5.75 Å². The molecule has 0 bridgehead atoms. The number of para-hydroxylation sites is 1. The zero-order chi connectivity index (χ0) is 22.6. The molecule has 2 aromatic carbocycles. The highest BCUT2D eigenvalue weighted by Gasteiger charge is 2.49. The minimum absolute atomic E-state index is 0.135. The third-order valence-corrected chi connectivity index (χ3v) is 6.89. The first-order chi connectivity index (χ1) is 15.5. The van der Waals surface area contributed by atoms with Crippen LogP contribution in [0.1, 0.15) is 57.4 Å². The molecule has 1 heterocycles. The first-order valence-corrected chi connectivity index (χ1v) is 11.8. The van der Waals surface area contributed by atoms with Crippen molar-refractivity contribution in [2.75, 3.05) is 11.4 Å². The summed E-state index contributed by atoms with van der Waals surface area (Å²) in [5.41, 5.74) is 1.55. The number of aromatic hydroxyl groups is 1. The summed E-state index contributed by atoms with van der Waals surface area (Å²) < 4.78 is 6.29. The lowest BCUT2D eigenvalue weighted by molar-refractivity contribution is -0.167. The van der Waals surface area contributed by atoms with Crippen LogP contribution >= 0.6 is 0 Å². The molecule has 0 amide bonds. The number of carbonyl (C=O) groups is 1. The van der Waals surface area contributed by atoms with Crippen LogP contribution in [0.25, 0.3) is 0 Å². The van der Waals surface area contributed by atoms with Gasteiger partial charge in [-0.1, -0.05) is 50.1 Å². The number of benzene rings is 2. The molecule has 1 saturated carbocycles. The molecular weight excluding hydrogens is 402 g/mol. The van der Waals surface area contributed by atoms with Crippen molar-refractivity contribution in [2.45, 2.75) is 63.9 Å². The van der Waals surface area contributed by atoms with Gasteiger partial charge in [0.05, 0.1) is 0 Å². The van der Waals surface area contributed by atoms with Crippen molar-refractivity contribution in [3.63, 3.8) is 0 Å². The molecule has 0 spiro atoms. The summed E-state index contributed by atoms with van der Waals surface area (Å²) in [6, 6.07) is 16.9. The summed E-state index contributed by atoms with van der Waals surface area (Å²) in [5.74, 6) is 0.203. The first-order valence-electron chi connectivity index (χ1n) is 11.8. The number of hydrogen-bond acceptors (Lipinski definition) is 5. The molecular formula is C27H33NO4. The average Bonchev–Trinajstić information content (AvgIpc) is 3.34. The second-order valence-electron chi connectivity index (χ2n) is 9.06. The number of aryl methyl sites for hydroxylation is 1. The molecule has 5 heteroatoms. The lowest BCUT2D eigenvalue weighted by Gasteiger charge is -2.43. The van der Waals surface area contributed by atoms with Crippen LogP contribution in [0, 0.1) is 5.92 Å². The van der Waals surface area contributed by atoms with E-state index in [1.54, 1.807) is 12.1 Å². The van der Waals surface area contributed by atoms with E-state index in [0.717, 1.165) is 49.8 Å². The van der Waals surface area contributed by atoms with Gasteiger partial charge in [0, 0.05) is 18.7 Å². The zero-order valence-electron chi connectivity index (χ0n) is 18.8. The van der Waals surface area contributed by atoms with Crippen molar-refractivity contribution < 1.29 is 19.7 Å². The van der Waals surface area contributed by atoms with Gasteiger partial charge in [0.2, 0.25) is 0 Å². The summed E-state index contributed by atoms with van der Waals surface area (Å²) >= 11 is 0. The number of phenols is 1. The van der Waals surface area contributed by atoms with Gasteiger partial charge in [-0.15, -0.1) is 0 Å². The largest absolute Gasteiger partial charge is 0.510 e. The summed E-state index contributed by atoms with van der Waals surface area (Å²) in [5, 5.41) is 20.8. The highest BCUT2D eigenvalue weighted by molar-refractivity contribution is 5.94. The van der Waals surface area contributed by atoms with Crippen molar-refractivity contribution in [3.8, 4) is 5.75 Å². The SMILES string of the molecule is CCCN(C1=C(O)CC(CCc2ccc(O)cc2)(C2CCCC2)OC1=O)c1ccccc1. The first kappa shape index (κ1) is 22.3. The average molecular weight is 436 g/mol. The van der Waals surface area contributed by atoms with Crippen LogP contribution in [0.15, 0.2) is 66.1 Å². The number of aliphatic hydroxyl groups is 1. The number of esters is 1. The number of nitrogens with zero attached hydrogens (tertiary/aromatic N) is 1. The molecule has 32 heavy (non-hydrogen) atoms. The number of cyclic esters (lactones) is 1. The quantitative estimate of drug-likeness (QED) is 0.506. The van der Waals surface area contributed by atoms with Gasteiger partial charge in [-0.2, -0.15) is 0 Å². The third kappa shape index (κ3) is 4.62. The van der Waals surface area contributed by atoms with E-state index in [9.17, 15) is 15.0 Å². The third-order valence-electron chi connectivity index (χ3n) is 6.89. The van der Waals surface area contributed by atoms with Gasteiger partial charge in [0.25, 0.3) is 0 Å². The van der Waals surface area contributed by atoms with E-state index in [1.165, 1.54) is 0 Å². The fraction of sp³-hybridized carbons (Fsp3) is 0.444. The Bertz CT molecular complexity index is 947. The molecule has 1 fully saturated rings. The Morgan fingerprint density at radius 3 is 2.34 bits per heavy atom. The van der Waals surface area contributed by atoms with Gasteiger partial charge in [-0.25, -0.2) is 4.79 Å². The van der Waals surface area contributed by atoms with Crippen molar-refractivity contribution in [1.29, 1.82) is 0 Å². The molecule has 1 unspecified atom stereocenters. The van der Waals surface area contributed by atoms with Crippen LogP contribution in [0.4, 0.5) is 5.69 Å². The summed E-state index contributed by atoms with van der Waals surface area (Å²) in [7, 11) is 0. The molecule has 4 rings (SSSR count). The van der Waals surface area contributed by atoms with Crippen LogP contribution in [-0.2, 0) is 16.0 Å². The zero-order valence-corrected chi connectivity index (χ0v) is 18.8. The highest BCUT2D eigenvalue weighted by Crippen LogP contribution is 2.46. The molecule has 2 N–H and O–H groups in total. The van der Waals surface area contributed by atoms with E-state index in [4.69, 9.17) is 4.74 Å². The molecule has 170 valence electrons. The number of carbonyl (C=O) groups excluding carboxylic acids is 1. The van der Waals surface area contributed by atoms with E-state index in [1.807, 2.05) is 47.4 Å². The molecule has 1 aliphatic carbocycles. The van der Waals surface area contributed by atoms with Gasteiger partial charge >= 0.3 is 5.97 Å². The van der Waals surface area contributed by atoms with Gasteiger partial charge < -0.3 is 19.8 Å². The summed E-state index contributed by atoms with van der Waals surface area (Å²) in [6.45, 7) is 2.69. The maximum Gasteiger partial charge on any atom is 0.359 e. The van der Waals surface area contributed by atoms with E-state index >= 15 is 0 Å². The number of hydrogen-bond donors (Lipinski definition) is 2. The van der Waals surface area contributed by atoms with E-state index in [-0.39, 0.29) is 23.1 Å². The standard InChI is InChI=1S/C27H33NO4/c1-2-18-28(22-10-4-3-5-11-22)25-24(30)19-27(32-26(25)31,21-8-6-7-9-21)17-16-20-12-14-23(29)15-13-20/h3-5,10-15,21,29-30H,2,6-9,16-19H2,1H3.